The summed E-state index contributed by atoms with van der Waals surface area (Å²) in [5, 5.41) is 14.9. The second kappa shape index (κ2) is 18.0. The van der Waals surface area contributed by atoms with Gasteiger partial charge in [0.2, 0.25) is 17.8 Å². The number of anilines is 6. The molecular weight excluding hydrogens is 835 g/mol. The summed E-state index contributed by atoms with van der Waals surface area (Å²) in [6.07, 6.45) is 10.9. The van der Waals surface area contributed by atoms with Gasteiger partial charge in [-0.1, -0.05) is 29.8 Å². The molecule has 16 heteroatoms. The Hall–Kier alpha value is -5.43. The summed E-state index contributed by atoms with van der Waals surface area (Å²) in [7, 11) is 0.983. The van der Waals surface area contributed by atoms with Crippen LogP contribution in [0.1, 0.15) is 61.5 Å². The number of carbonyl (C=O) groups is 2. The molecule has 330 valence electrons. The van der Waals surface area contributed by atoms with Crippen molar-refractivity contribution in [2.75, 3.05) is 86.7 Å². The van der Waals surface area contributed by atoms with Crippen LogP contribution in [-0.4, -0.2) is 103 Å². The predicted molar refractivity (Wildman–Crippen MR) is 251 cm³/mol. The van der Waals surface area contributed by atoms with E-state index in [0.717, 1.165) is 92.0 Å². The van der Waals surface area contributed by atoms with Gasteiger partial charge in [0.15, 0.2) is 5.82 Å². The number of amides is 2. The Kier molecular flexibility index (Phi) is 12.2. The molecule has 1 atom stereocenters. The van der Waals surface area contributed by atoms with E-state index in [2.05, 4.69) is 77.1 Å². The van der Waals surface area contributed by atoms with Crippen LogP contribution in [0.3, 0.4) is 0 Å². The maximum atomic E-state index is 13.4. The Morgan fingerprint density at radius 3 is 2.27 bits per heavy atom. The van der Waals surface area contributed by atoms with Crippen molar-refractivity contribution in [2.45, 2.75) is 50.4 Å². The molecule has 3 saturated heterocycles. The van der Waals surface area contributed by atoms with E-state index in [1.165, 1.54) is 24.1 Å². The van der Waals surface area contributed by atoms with Gasteiger partial charge in [0.1, 0.15) is 17.9 Å². The number of imide groups is 1. The quantitative estimate of drug-likeness (QED) is 0.0786. The number of carbonyl (C=O) groups excluding carboxylic acids is 2. The first kappa shape index (κ1) is 42.9. The zero-order valence-electron chi connectivity index (χ0n) is 36.4. The number of halogens is 1. The fraction of sp³-hybridized carbons (Fsp3) is 0.426. The van der Waals surface area contributed by atoms with Crippen LogP contribution < -0.4 is 35.8 Å². The summed E-state index contributed by atoms with van der Waals surface area (Å²) >= 11 is 6.66. The van der Waals surface area contributed by atoms with E-state index < -0.39 is 7.14 Å². The topological polar surface area (TPSA) is 150 Å². The first-order valence-corrected chi connectivity index (χ1v) is 25.0. The van der Waals surface area contributed by atoms with Gasteiger partial charge < -0.3 is 29.7 Å². The molecule has 0 bridgehead atoms. The van der Waals surface area contributed by atoms with Crippen LogP contribution in [0.5, 0.6) is 5.75 Å². The number of benzene rings is 3. The van der Waals surface area contributed by atoms with E-state index in [4.69, 9.17) is 21.3 Å². The smallest absolute Gasteiger partial charge is 0.234 e. The van der Waals surface area contributed by atoms with Crippen LogP contribution in [0.2, 0.25) is 5.02 Å². The summed E-state index contributed by atoms with van der Waals surface area (Å²) < 4.78 is 21.2. The molecule has 1 saturated carbocycles. The number of piperazine rings is 1. The van der Waals surface area contributed by atoms with Crippen LogP contribution >= 0.6 is 18.7 Å². The number of aromatic nitrogens is 4. The molecule has 3 aromatic carbocycles. The van der Waals surface area contributed by atoms with Crippen molar-refractivity contribution < 1.29 is 18.9 Å². The maximum Gasteiger partial charge on any atom is 0.234 e. The van der Waals surface area contributed by atoms with Gasteiger partial charge in [-0.05, 0) is 98.7 Å². The van der Waals surface area contributed by atoms with E-state index in [1.54, 1.807) is 26.6 Å². The lowest BCUT2D eigenvalue weighted by Crippen LogP contribution is -2.49. The van der Waals surface area contributed by atoms with Crippen LogP contribution in [-0.2, 0) is 21.2 Å². The lowest BCUT2D eigenvalue weighted by Gasteiger charge is -2.40. The highest BCUT2D eigenvalue weighted by Gasteiger charge is 2.30. The highest BCUT2D eigenvalue weighted by molar-refractivity contribution is 7.70. The van der Waals surface area contributed by atoms with Crippen molar-refractivity contribution in [2.24, 2.45) is 13.0 Å². The number of methoxy groups -OCH3 is 1. The molecule has 3 aliphatic heterocycles. The fourth-order valence-corrected chi connectivity index (χ4v) is 10.6. The van der Waals surface area contributed by atoms with Gasteiger partial charge in [-0.15, -0.1) is 0 Å². The zero-order valence-corrected chi connectivity index (χ0v) is 38.1. The molecule has 4 aliphatic rings. The second-order valence-electron chi connectivity index (χ2n) is 17.8. The van der Waals surface area contributed by atoms with E-state index in [-0.39, 0.29) is 17.7 Å². The zero-order chi connectivity index (χ0) is 43.8. The largest absolute Gasteiger partial charge is 0.494 e. The molecular formula is C47H56ClN10O4P. The number of rotatable bonds is 13. The molecule has 1 unspecified atom stereocenters. The highest BCUT2D eigenvalue weighted by Crippen LogP contribution is 2.45. The maximum absolute atomic E-state index is 13.4. The lowest BCUT2D eigenvalue weighted by atomic mass is 9.90. The van der Waals surface area contributed by atoms with Crippen molar-refractivity contribution in [1.82, 2.24) is 30.0 Å². The summed E-state index contributed by atoms with van der Waals surface area (Å²) in [6, 6.07) is 18.7. The Labute approximate surface area is 374 Å². The van der Waals surface area contributed by atoms with E-state index in [0.29, 0.717) is 52.9 Å². The first-order valence-electron chi connectivity index (χ1n) is 22.0. The van der Waals surface area contributed by atoms with Crippen molar-refractivity contribution in [1.29, 1.82) is 0 Å². The third kappa shape index (κ3) is 9.73. The van der Waals surface area contributed by atoms with E-state index >= 15 is 0 Å². The molecule has 0 spiro atoms. The van der Waals surface area contributed by atoms with Gasteiger partial charge in [0.05, 0.1) is 36.8 Å². The first-order chi connectivity index (χ1) is 30.4. The van der Waals surface area contributed by atoms with Crippen LogP contribution in [0, 0.1) is 5.92 Å². The average Bonchev–Trinajstić information content (AvgIpc) is 4.04. The third-order valence-corrected chi connectivity index (χ3v) is 14.8. The van der Waals surface area contributed by atoms with Gasteiger partial charge in [-0.25, -0.2) is 4.98 Å². The van der Waals surface area contributed by atoms with Crippen LogP contribution in [0.25, 0.3) is 11.1 Å². The van der Waals surface area contributed by atoms with Crippen molar-refractivity contribution in [3.8, 4) is 16.9 Å². The van der Waals surface area contributed by atoms with Gasteiger partial charge in [-0.2, -0.15) is 10.1 Å². The number of ether oxygens (including phenoxy) is 1. The number of hydrogen-bond acceptors (Lipinski definition) is 12. The number of aryl methyl sites for hydroxylation is 1. The Bertz CT molecular complexity index is 2540. The molecule has 2 aromatic heterocycles. The Morgan fingerprint density at radius 2 is 1.60 bits per heavy atom. The highest BCUT2D eigenvalue weighted by atomic mass is 35.5. The molecule has 2 amide bonds. The van der Waals surface area contributed by atoms with Gasteiger partial charge >= 0.3 is 0 Å². The molecule has 0 radical (unpaired) electrons. The minimum atomic E-state index is -2.61. The molecule has 4 fully saturated rings. The molecule has 14 nitrogen and oxygen atoms in total. The SMILES string of the molecule is COc1cc(N2CCC(CN3CCN(c4ccc(C5CCC(=O)NC5=O)cc4)CC3)CC2)c(-c2cnn(C)c2)cc1Nc1ncc(Cl)c(Nc2ccc(C3CC3)cc2P(C)(C)=O)n1. The molecule has 9 rings (SSSR count). The fourth-order valence-electron chi connectivity index (χ4n) is 9.26. The number of nitrogens with one attached hydrogen (secondary N) is 3. The standard InChI is InChI=1S/C47H56ClN10O4P/c1-55-29-34(26-50-55)37-24-40(52-47-49-27-38(48)45(54-47)51-39-13-9-33(31-5-6-31)23-43(39)63(3,4)61)42(62-2)25-41(37)58-17-15-30(16-18-58)28-56-19-21-57(22-20-56)35-10-7-32(8-11-35)36-12-14-44(59)53-46(36)60/h7-11,13,23-27,29-31,36H,5-6,12,14-22,28H2,1-4H3,(H,53,59,60)(H2,49,51,52,54). The van der Waals surface area contributed by atoms with Crippen molar-refractivity contribution >= 4 is 70.4 Å². The summed E-state index contributed by atoms with van der Waals surface area (Å²) in [5.41, 5.74) is 7.90. The molecule has 63 heavy (non-hydrogen) atoms. The average molecular weight is 891 g/mol. The van der Waals surface area contributed by atoms with Crippen LogP contribution in [0.15, 0.2) is 73.2 Å². The monoisotopic (exact) mass is 890 g/mol. The van der Waals surface area contributed by atoms with Crippen molar-refractivity contribution in [3.63, 3.8) is 0 Å². The van der Waals surface area contributed by atoms with Crippen molar-refractivity contribution in [3.05, 3.63) is 89.3 Å². The number of hydrogen-bond donors (Lipinski definition) is 3. The molecule has 5 heterocycles. The lowest BCUT2D eigenvalue weighted by molar-refractivity contribution is -0.134. The second-order valence-corrected chi connectivity index (χ2v) is 21.4. The summed E-state index contributed by atoms with van der Waals surface area (Å²) in [4.78, 5) is 40.8. The Balaban J connectivity index is 0.854. The minimum absolute atomic E-state index is 0.185. The van der Waals surface area contributed by atoms with E-state index in [9.17, 15) is 14.2 Å². The predicted octanol–water partition coefficient (Wildman–Crippen LogP) is 7.71. The third-order valence-electron chi connectivity index (χ3n) is 13.0. The van der Waals surface area contributed by atoms with E-state index in [1.807, 2.05) is 42.3 Å². The number of piperidine rings is 2. The Morgan fingerprint density at radius 1 is 0.857 bits per heavy atom. The number of nitrogens with zero attached hydrogens (tertiary/aromatic N) is 7. The molecule has 5 aromatic rings. The van der Waals surface area contributed by atoms with Gasteiger partial charge in [0, 0.05) is 99.4 Å². The van der Waals surface area contributed by atoms with Gasteiger partial charge in [0.25, 0.3) is 0 Å². The van der Waals surface area contributed by atoms with Crippen LogP contribution in [0.4, 0.5) is 34.5 Å². The molecule has 1 aliphatic carbocycles. The minimum Gasteiger partial charge on any atom is -0.494 e. The normalized spacial score (nSPS) is 19.0. The molecule has 3 N–H and O–H groups in total. The summed E-state index contributed by atoms with van der Waals surface area (Å²) in [5.74, 6) is 1.91. The summed E-state index contributed by atoms with van der Waals surface area (Å²) in [6.45, 7) is 10.4. The van der Waals surface area contributed by atoms with Gasteiger partial charge in [-0.3, -0.25) is 24.5 Å².